The molecule has 0 aromatic carbocycles. The predicted molar refractivity (Wildman–Crippen MR) is 61.6 cm³/mol. The molecule has 15 heavy (non-hydrogen) atoms. The second kappa shape index (κ2) is 4.80. The first-order valence-corrected chi connectivity index (χ1v) is 6.53. The van der Waals surface area contributed by atoms with Crippen LogP contribution in [0.15, 0.2) is 12.4 Å². The molecule has 0 amide bonds. The molecule has 0 saturated heterocycles. The van der Waals surface area contributed by atoms with Crippen molar-refractivity contribution >= 4 is 14.1 Å². The van der Waals surface area contributed by atoms with Gasteiger partial charge in [-0.15, -0.1) is 0 Å². The standard InChI is InChI=1S/C11H15N2OP/c1-8-5-12-10(13-6-8)11(14)15-7-9-3-2-4-9/h5-6,9,15H,2-4,7H2,1H3. The molecular formula is C11H15N2OP. The molecule has 2 rings (SSSR count). The highest BCUT2D eigenvalue weighted by atomic mass is 31.1. The number of aryl methyl sites for hydroxylation is 1. The Bertz CT molecular complexity index is 346. The van der Waals surface area contributed by atoms with Crippen LogP contribution in [-0.2, 0) is 0 Å². The van der Waals surface area contributed by atoms with E-state index in [2.05, 4.69) is 9.97 Å². The van der Waals surface area contributed by atoms with E-state index in [-0.39, 0.29) is 5.52 Å². The smallest absolute Gasteiger partial charge is 0.218 e. The van der Waals surface area contributed by atoms with Crippen molar-refractivity contribution in [1.82, 2.24) is 9.97 Å². The van der Waals surface area contributed by atoms with E-state index in [9.17, 15) is 4.79 Å². The fourth-order valence-corrected chi connectivity index (χ4v) is 2.69. The second-order valence-corrected chi connectivity index (χ2v) is 5.31. The third-order valence-electron chi connectivity index (χ3n) is 2.76. The molecule has 0 aliphatic heterocycles. The lowest BCUT2D eigenvalue weighted by atomic mass is 9.87. The average molecular weight is 222 g/mol. The van der Waals surface area contributed by atoms with Crippen molar-refractivity contribution in [2.45, 2.75) is 26.2 Å². The highest BCUT2D eigenvalue weighted by Gasteiger charge is 2.19. The Hall–Kier alpha value is -0.820. The van der Waals surface area contributed by atoms with Crippen molar-refractivity contribution in [2.75, 3.05) is 6.16 Å². The minimum atomic E-state index is 0.113. The molecule has 1 aliphatic rings. The highest BCUT2D eigenvalue weighted by molar-refractivity contribution is 7.58. The van der Waals surface area contributed by atoms with Crippen LogP contribution in [-0.4, -0.2) is 21.7 Å². The van der Waals surface area contributed by atoms with Gasteiger partial charge in [0.05, 0.1) is 0 Å². The summed E-state index contributed by atoms with van der Waals surface area (Å²) in [6, 6.07) is 0. The summed E-state index contributed by atoms with van der Waals surface area (Å²) in [6.45, 7) is 1.92. The molecule has 80 valence electrons. The van der Waals surface area contributed by atoms with Gasteiger partial charge in [-0.3, -0.25) is 4.79 Å². The van der Waals surface area contributed by atoms with E-state index >= 15 is 0 Å². The summed E-state index contributed by atoms with van der Waals surface area (Å²) in [5, 5.41) is 0. The fourth-order valence-electron chi connectivity index (χ4n) is 1.52. The first-order chi connectivity index (χ1) is 7.25. The molecule has 4 heteroatoms. The molecular weight excluding hydrogens is 207 g/mol. The molecule has 1 fully saturated rings. The van der Waals surface area contributed by atoms with Crippen LogP contribution in [0, 0.1) is 12.8 Å². The van der Waals surface area contributed by atoms with Gasteiger partial charge < -0.3 is 0 Å². The third kappa shape index (κ3) is 2.82. The van der Waals surface area contributed by atoms with Crippen LogP contribution >= 0.6 is 8.58 Å². The SMILES string of the molecule is Cc1cnc(C(=O)PCC2CCC2)nc1. The van der Waals surface area contributed by atoms with Crippen molar-refractivity contribution in [3.8, 4) is 0 Å². The first kappa shape index (κ1) is 10.7. The Kier molecular flexibility index (Phi) is 3.42. The van der Waals surface area contributed by atoms with Crippen LogP contribution in [0.5, 0.6) is 0 Å². The Balaban J connectivity index is 1.86. The fraction of sp³-hybridized carbons (Fsp3) is 0.545. The van der Waals surface area contributed by atoms with Crippen molar-refractivity contribution in [3.63, 3.8) is 0 Å². The number of carbonyl (C=O) groups excluding carboxylic acids is 1. The molecule has 1 unspecified atom stereocenters. The zero-order chi connectivity index (χ0) is 10.7. The van der Waals surface area contributed by atoms with Gasteiger partial charge in [-0.1, -0.05) is 19.3 Å². The van der Waals surface area contributed by atoms with Crippen molar-refractivity contribution < 1.29 is 4.79 Å². The van der Waals surface area contributed by atoms with E-state index in [4.69, 9.17) is 0 Å². The molecule has 1 aromatic rings. The highest BCUT2D eigenvalue weighted by Crippen LogP contribution is 2.32. The van der Waals surface area contributed by atoms with Crippen molar-refractivity contribution in [1.29, 1.82) is 0 Å². The molecule has 0 radical (unpaired) electrons. The van der Waals surface area contributed by atoms with Gasteiger partial charge in [0, 0.05) is 12.4 Å². The van der Waals surface area contributed by atoms with E-state index in [1.54, 1.807) is 12.4 Å². The van der Waals surface area contributed by atoms with Gasteiger partial charge in [-0.05, 0) is 33.1 Å². The molecule has 1 aromatic heterocycles. The largest absolute Gasteiger partial charge is 0.286 e. The number of hydrogen-bond acceptors (Lipinski definition) is 3. The lowest BCUT2D eigenvalue weighted by Gasteiger charge is -2.24. The maximum atomic E-state index is 11.7. The lowest BCUT2D eigenvalue weighted by Crippen LogP contribution is -2.14. The van der Waals surface area contributed by atoms with Crippen molar-refractivity contribution in [2.24, 2.45) is 5.92 Å². The molecule has 1 atom stereocenters. The molecule has 0 bridgehead atoms. The van der Waals surface area contributed by atoms with Crippen LogP contribution in [0.3, 0.4) is 0 Å². The van der Waals surface area contributed by atoms with Gasteiger partial charge in [-0.2, -0.15) is 0 Å². The molecule has 1 aliphatic carbocycles. The normalized spacial score (nSPS) is 16.9. The maximum absolute atomic E-state index is 11.7. The van der Waals surface area contributed by atoms with Crippen LogP contribution in [0.1, 0.15) is 35.4 Å². The number of hydrogen-bond donors (Lipinski definition) is 0. The van der Waals surface area contributed by atoms with Gasteiger partial charge in [0.25, 0.3) is 0 Å². The topological polar surface area (TPSA) is 42.9 Å². The number of rotatable bonds is 4. The van der Waals surface area contributed by atoms with Crippen LogP contribution in [0.25, 0.3) is 0 Å². The molecule has 1 heterocycles. The minimum absolute atomic E-state index is 0.113. The van der Waals surface area contributed by atoms with Crippen LogP contribution in [0.2, 0.25) is 0 Å². The van der Waals surface area contributed by atoms with Gasteiger partial charge in [0.2, 0.25) is 5.52 Å². The summed E-state index contributed by atoms with van der Waals surface area (Å²) >= 11 is 0. The molecule has 3 nitrogen and oxygen atoms in total. The zero-order valence-corrected chi connectivity index (χ0v) is 9.86. The van der Waals surface area contributed by atoms with E-state index in [0.717, 1.165) is 17.6 Å². The third-order valence-corrected chi connectivity index (χ3v) is 4.09. The Morgan fingerprint density at radius 3 is 2.67 bits per heavy atom. The van der Waals surface area contributed by atoms with Gasteiger partial charge in [0.15, 0.2) is 5.82 Å². The summed E-state index contributed by atoms with van der Waals surface area (Å²) in [5.41, 5.74) is 1.11. The second-order valence-electron chi connectivity index (χ2n) is 4.09. The monoisotopic (exact) mass is 222 g/mol. The number of carbonyl (C=O) groups is 1. The summed E-state index contributed by atoms with van der Waals surface area (Å²) in [4.78, 5) is 19.8. The van der Waals surface area contributed by atoms with Crippen LogP contribution < -0.4 is 0 Å². The van der Waals surface area contributed by atoms with E-state index in [1.165, 1.54) is 19.3 Å². The van der Waals surface area contributed by atoms with E-state index in [1.807, 2.05) is 6.92 Å². The molecule has 0 N–H and O–H groups in total. The molecule has 1 saturated carbocycles. The van der Waals surface area contributed by atoms with Crippen LogP contribution in [0.4, 0.5) is 0 Å². The van der Waals surface area contributed by atoms with Gasteiger partial charge in [0.1, 0.15) is 0 Å². The number of nitrogens with zero attached hydrogens (tertiary/aromatic N) is 2. The van der Waals surface area contributed by atoms with E-state index < -0.39 is 0 Å². The first-order valence-electron chi connectivity index (χ1n) is 5.32. The predicted octanol–water partition coefficient (Wildman–Crippen LogP) is 2.40. The Labute approximate surface area is 91.5 Å². The zero-order valence-electron chi connectivity index (χ0n) is 8.86. The van der Waals surface area contributed by atoms with E-state index in [0.29, 0.717) is 14.4 Å². The lowest BCUT2D eigenvalue weighted by molar-refractivity contribution is 0.107. The molecule has 0 spiro atoms. The number of aromatic nitrogens is 2. The summed E-state index contributed by atoms with van der Waals surface area (Å²) in [5.74, 6) is 1.18. The van der Waals surface area contributed by atoms with Crippen molar-refractivity contribution in [3.05, 3.63) is 23.8 Å². The van der Waals surface area contributed by atoms with Gasteiger partial charge in [-0.25, -0.2) is 9.97 Å². The van der Waals surface area contributed by atoms with Gasteiger partial charge >= 0.3 is 0 Å². The Morgan fingerprint density at radius 1 is 1.47 bits per heavy atom. The summed E-state index contributed by atoms with van der Waals surface area (Å²) < 4.78 is 0. The quantitative estimate of drug-likeness (QED) is 0.734. The summed E-state index contributed by atoms with van der Waals surface area (Å²) in [7, 11) is 0.355. The average Bonchev–Trinajstić information content (AvgIpc) is 2.16. The maximum Gasteiger partial charge on any atom is 0.218 e. The summed E-state index contributed by atoms with van der Waals surface area (Å²) in [6.07, 6.45) is 8.38. The Morgan fingerprint density at radius 2 is 2.13 bits per heavy atom. The minimum Gasteiger partial charge on any atom is -0.286 e.